The molecule has 22 heavy (non-hydrogen) atoms. The van der Waals surface area contributed by atoms with Gasteiger partial charge < -0.3 is 9.42 Å². The summed E-state index contributed by atoms with van der Waals surface area (Å²) in [6.45, 7) is 12.7. The van der Waals surface area contributed by atoms with Gasteiger partial charge in [-0.25, -0.2) is 0 Å². The summed E-state index contributed by atoms with van der Waals surface area (Å²) in [5.41, 5.74) is 0.944. The van der Waals surface area contributed by atoms with Gasteiger partial charge in [0.05, 0.1) is 12.2 Å². The van der Waals surface area contributed by atoms with Crippen molar-refractivity contribution in [2.75, 3.05) is 39.3 Å². The lowest BCUT2D eigenvalue weighted by atomic mass is 10.0. The Bertz CT molecular complexity index is 522. The van der Waals surface area contributed by atoms with Gasteiger partial charge in [-0.1, -0.05) is 12.1 Å². The van der Waals surface area contributed by atoms with Crippen LogP contribution in [-0.2, 0) is 11.3 Å². The van der Waals surface area contributed by atoms with Crippen LogP contribution < -0.4 is 0 Å². The lowest BCUT2D eigenvalue weighted by molar-refractivity contribution is -0.130. The Morgan fingerprint density at radius 3 is 2.64 bits per heavy atom. The zero-order chi connectivity index (χ0) is 15.7. The molecular formula is C16H26N4O2. The molecule has 0 spiro atoms. The molecule has 6 heteroatoms. The first kappa shape index (κ1) is 15.5. The minimum Gasteiger partial charge on any atom is -0.360 e. The van der Waals surface area contributed by atoms with Crippen molar-refractivity contribution in [3.63, 3.8) is 0 Å². The van der Waals surface area contributed by atoms with Gasteiger partial charge in [0.1, 0.15) is 0 Å². The Morgan fingerprint density at radius 2 is 2.05 bits per heavy atom. The number of nitrogens with zero attached hydrogens (tertiary/aromatic N) is 4. The lowest BCUT2D eigenvalue weighted by Gasteiger charge is -2.39. The molecule has 0 unspecified atom stereocenters. The van der Waals surface area contributed by atoms with Crippen molar-refractivity contribution < 1.29 is 9.32 Å². The lowest BCUT2D eigenvalue weighted by Crippen LogP contribution is -2.53. The maximum absolute atomic E-state index is 11.4. The van der Waals surface area contributed by atoms with Crippen molar-refractivity contribution in [1.29, 1.82) is 0 Å². The summed E-state index contributed by atoms with van der Waals surface area (Å²) >= 11 is 0. The van der Waals surface area contributed by atoms with Crippen LogP contribution in [0.4, 0.5) is 0 Å². The molecule has 3 rings (SSSR count). The number of aryl methyl sites for hydroxylation is 1. The highest BCUT2D eigenvalue weighted by molar-refractivity contribution is 5.73. The van der Waals surface area contributed by atoms with E-state index in [2.05, 4.69) is 21.9 Å². The van der Waals surface area contributed by atoms with Crippen molar-refractivity contribution in [2.24, 2.45) is 5.92 Å². The minimum atomic E-state index is 0.196. The van der Waals surface area contributed by atoms with Gasteiger partial charge in [-0.3, -0.25) is 14.6 Å². The molecule has 1 aromatic rings. The Balaban J connectivity index is 1.54. The van der Waals surface area contributed by atoms with Crippen molar-refractivity contribution >= 4 is 5.91 Å². The average Bonchev–Trinajstić information content (AvgIpc) is 3.05. The fraction of sp³-hybridized carbons (Fsp3) is 0.750. The van der Waals surface area contributed by atoms with E-state index in [0.29, 0.717) is 12.0 Å². The van der Waals surface area contributed by atoms with Crippen molar-refractivity contribution in [1.82, 2.24) is 19.9 Å². The van der Waals surface area contributed by atoms with Crippen LogP contribution in [-0.4, -0.2) is 71.1 Å². The van der Waals surface area contributed by atoms with Gasteiger partial charge in [-0.05, 0) is 12.8 Å². The van der Waals surface area contributed by atoms with Crippen LogP contribution in [0.3, 0.4) is 0 Å². The number of carbonyl (C=O) groups excluding carboxylic acids is 1. The van der Waals surface area contributed by atoms with E-state index < -0.39 is 0 Å². The Morgan fingerprint density at radius 1 is 1.32 bits per heavy atom. The van der Waals surface area contributed by atoms with E-state index in [1.54, 1.807) is 6.92 Å². The summed E-state index contributed by atoms with van der Waals surface area (Å²) < 4.78 is 5.33. The zero-order valence-electron chi connectivity index (χ0n) is 13.8. The third-order valence-corrected chi connectivity index (χ3v) is 4.93. The molecule has 2 aliphatic heterocycles. The fourth-order valence-corrected chi connectivity index (χ4v) is 3.73. The number of hydrogen-bond donors (Lipinski definition) is 0. The van der Waals surface area contributed by atoms with Crippen molar-refractivity contribution in [3.8, 4) is 0 Å². The van der Waals surface area contributed by atoms with E-state index in [9.17, 15) is 4.79 Å². The first-order chi connectivity index (χ1) is 10.5. The zero-order valence-corrected chi connectivity index (χ0v) is 13.8. The van der Waals surface area contributed by atoms with E-state index in [1.165, 1.54) is 0 Å². The molecule has 0 aromatic carbocycles. The largest absolute Gasteiger partial charge is 0.360 e. The van der Waals surface area contributed by atoms with E-state index in [4.69, 9.17) is 4.52 Å². The van der Waals surface area contributed by atoms with Crippen LogP contribution in [0.15, 0.2) is 10.6 Å². The van der Waals surface area contributed by atoms with Gasteiger partial charge in [0.15, 0.2) is 5.76 Å². The molecule has 0 bridgehead atoms. The van der Waals surface area contributed by atoms with Crippen LogP contribution in [0.5, 0.6) is 0 Å². The third-order valence-electron chi connectivity index (χ3n) is 4.93. The predicted octanol–water partition coefficient (Wildman–Crippen LogP) is 0.967. The molecule has 1 amide bonds. The van der Waals surface area contributed by atoms with Crippen LogP contribution in [0.1, 0.15) is 25.3 Å². The molecule has 3 heterocycles. The summed E-state index contributed by atoms with van der Waals surface area (Å²) in [5.74, 6) is 1.79. The molecule has 0 N–H and O–H groups in total. The number of amides is 1. The maximum Gasteiger partial charge on any atom is 0.219 e. The summed E-state index contributed by atoms with van der Waals surface area (Å²) in [6, 6.07) is 2.60. The fourth-order valence-electron chi connectivity index (χ4n) is 3.73. The summed E-state index contributed by atoms with van der Waals surface area (Å²) in [4.78, 5) is 18.4. The quantitative estimate of drug-likeness (QED) is 0.833. The number of piperazine rings is 1. The Kier molecular flexibility index (Phi) is 4.49. The standard InChI is InChI=1S/C16H26N4O2/c1-12-9-18(10-15-8-13(2)17-22-15)11-16(12)20-6-4-19(5-7-20)14(3)21/h8,12,16H,4-7,9-11H2,1-3H3/t12-,16+/m1/s1. The van der Waals surface area contributed by atoms with E-state index >= 15 is 0 Å². The number of carbonyl (C=O) groups is 1. The first-order valence-corrected chi connectivity index (χ1v) is 8.17. The van der Waals surface area contributed by atoms with Gasteiger partial charge in [0.25, 0.3) is 0 Å². The Labute approximate surface area is 132 Å². The van der Waals surface area contributed by atoms with Gasteiger partial charge in [-0.2, -0.15) is 0 Å². The number of hydrogen-bond acceptors (Lipinski definition) is 5. The summed E-state index contributed by atoms with van der Waals surface area (Å²) in [5, 5.41) is 3.96. The Hall–Kier alpha value is -1.40. The van der Waals surface area contributed by atoms with Crippen molar-refractivity contribution in [2.45, 2.75) is 33.4 Å². The topological polar surface area (TPSA) is 52.8 Å². The molecule has 0 radical (unpaired) electrons. The number of rotatable bonds is 3. The number of aromatic nitrogens is 1. The van der Waals surface area contributed by atoms with Crippen LogP contribution in [0.2, 0.25) is 0 Å². The molecule has 2 atom stereocenters. The van der Waals surface area contributed by atoms with E-state index in [-0.39, 0.29) is 5.91 Å². The third kappa shape index (κ3) is 3.33. The van der Waals surface area contributed by atoms with Gasteiger partial charge >= 0.3 is 0 Å². The molecule has 0 saturated carbocycles. The van der Waals surface area contributed by atoms with Crippen LogP contribution in [0, 0.1) is 12.8 Å². The second-order valence-electron chi connectivity index (χ2n) is 6.72. The molecule has 122 valence electrons. The van der Waals surface area contributed by atoms with Crippen LogP contribution >= 0.6 is 0 Å². The van der Waals surface area contributed by atoms with Gasteiger partial charge in [0, 0.05) is 58.3 Å². The average molecular weight is 306 g/mol. The molecule has 6 nitrogen and oxygen atoms in total. The van der Waals surface area contributed by atoms with Gasteiger partial charge in [-0.15, -0.1) is 0 Å². The molecule has 2 aliphatic rings. The number of likely N-dealkylation sites (tertiary alicyclic amines) is 1. The molecule has 1 aromatic heterocycles. The van der Waals surface area contributed by atoms with Crippen LogP contribution in [0.25, 0.3) is 0 Å². The van der Waals surface area contributed by atoms with E-state index in [0.717, 1.165) is 57.3 Å². The highest BCUT2D eigenvalue weighted by atomic mass is 16.5. The highest BCUT2D eigenvalue weighted by Gasteiger charge is 2.35. The predicted molar refractivity (Wildman–Crippen MR) is 83.3 cm³/mol. The normalized spacial score (nSPS) is 27.5. The minimum absolute atomic E-state index is 0.196. The molecule has 0 aliphatic carbocycles. The molecule has 2 saturated heterocycles. The summed E-state index contributed by atoms with van der Waals surface area (Å²) in [7, 11) is 0. The molecule has 2 fully saturated rings. The van der Waals surface area contributed by atoms with E-state index in [1.807, 2.05) is 17.9 Å². The summed E-state index contributed by atoms with van der Waals surface area (Å²) in [6.07, 6.45) is 0. The molecular weight excluding hydrogens is 280 g/mol. The smallest absolute Gasteiger partial charge is 0.219 e. The monoisotopic (exact) mass is 306 g/mol. The highest BCUT2D eigenvalue weighted by Crippen LogP contribution is 2.24. The maximum atomic E-state index is 11.4. The van der Waals surface area contributed by atoms with Gasteiger partial charge in [0.2, 0.25) is 5.91 Å². The van der Waals surface area contributed by atoms with Crippen molar-refractivity contribution in [3.05, 3.63) is 17.5 Å². The SMILES string of the molecule is CC(=O)N1CCN([C@H]2CN(Cc3cc(C)no3)C[C@H]2C)CC1. The second kappa shape index (κ2) is 6.38. The second-order valence-corrected chi connectivity index (χ2v) is 6.72. The first-order valence-electron chi connectivity index (χ1n) is 8.17.